The molecule has 0 spiro atoms. The summed E-state index contributed by atoms with van der Waals surface area (Å²) in [4.78, 5) is 0. The van der Waals surface area contributed by atoms with E-state index in [-0.39, 0.29) is 7.43 Å². The van der Waals surface area contributed by atoms with Crippen LogP contribution in [-0.4, -0.2) is 0 Å². The molecule has 0 heterocycles. The topological polar surface area (TPSA) is 0 Å². The van der Waals surface area contributed by atoms with E-state index in [2.05, 4.69) is 50.8 Å². The molecule has 0 heteroatoms. The van der Waals surface area contributed by atoms with Gasteiger partial charge in [0.05, 0.1) is 0 Å². The van der Waals surface area contributed by atoms with Crippen molar-refractivity contribution in [1.82, 2.24) is 0 Å². The number of fused-ring (bicyclic) bond motifs is 1. The zero-order valence-corrected chi connectivity index (χ0v) is 9.38. The first-order chi connectivity index (χ1) is 7.22. The maximum absolute atomic E-state index is 3.79. The molecule has 0 aliphatic heterocycles. The number of hydrogen-bond acceptors (Lipinski definition) is 0. The third kappa shape index (κ3) is 2.16. The summed E-state index contributed by atoms with van der Waals surface area (Å²) in [6, 6.07) is 8.63. The van der Waals surface area contributed by atoms with Gasteiger partial charge in [-0.2, -0.15) is 0 Å². The third-order valence-corrected chi connectivity index (χ3v) is 3.01. The van der Waals surface area contributed by atoms with Crippen molar-refractivity contribution in [3.05, 3.63) is 65.3 Å². The van der Waals surface area contributed by atoms with E-state index in [0.717, 1.165) is 6.42 Å². The van der Waals surface area contributed by atoms with Gasteiger partial charge in [-0.15, -0.1) is 0 Å². The summed E-state index contributed by atoms with van der Waals surface area (Å²) in [7, 11) is 0. The minimum absolute atomic E-state index is 0. The molecule has 0 aromatic heterocycles. The summed E-state index contributed by atoms with van der Waals surface area (Å²) >= 11 is 0. The smallest absolute Gasteiger partial charge is 0.00168 e. The van der Waals surface area contributed by atoms with E-state index >= 15 is 0 Å². The summed E-state index contributed by atoms with van der Waals surface area (Å²) < 4.78 is 0. The molecular weight excluding hydrogens is 192 g/mol. The van der Waals surface area contributed by atoms with Crippen molar-refractivity contribution in [1.29, 1.82) is 0 Å². The molecule has 16 heavy (non-hydrogen) atoms. The molecule has 1 aliphatic carbocycles. The van der Waals surface area contributed by atoms with Gasteiger partial charge in [0.1, 0.15) is 0 Å². The fourth-order valence-electron chi connectivity index (χ4n) is 2.04. The van der Waals surface area contributed by atoms with Crippen molar-refractivity contribution >= 4 is 5.57 Å². The van der Waals surface area contributed by atoms with E-state index < -0.39 is 0 Å². The Morgan fingerprint density at radius 2 is 2.00 bits per heavy atom. The van der Waals surface area contributed by atoms with Crippen LogP contribution in [0.2, 0.25) is 0 Å². The van der Waals surface area contributed by atoms with Crippen LogP contribution < -0.4 is 0 Å². The van der Waals surface area contributed by atoms with Gasteiger partial charge in [0, 0.05) is 0 Å². The minimum atomic E-state index is 0. The van der Waals surface area contributed by atoms with Crippen LogP contribution >= 0.6 is 0 Å². The molecule has 0 unspecified atom stereocenters. The summed E-state index contributed by atoms with van der Waals surface area (Å²) in [5.41, 5.74) is 6.91. The Bertz CT molecular complexity index is 459. The fourth-order valence-corrected chi connectivity index (χ4v) is 2.04. The number of hydrogen-bond donors (Lipinski definition) is 0. The summed E-state index contributed by atoms with van der Waals surface area (Å²) in [6.45, 7) is 8.08. The lowest BCUT2D eigenvalue weighted by molar-refractivity contribution is 1.23. The molecule has 1 aromatic rings. The Morgan fingerprint density at radius 3 is 2.62 bits per heavy atom. The highest BCUT2D eigenvalue weighted by molar-refractivity contribution is 5.77. The van der Waals surface area contributed by atoms with Gasteiger partial charge in [0.15, 0.2) is 0 Å². The predicted molar refractivity (Wildman–Crippen MR) is 73.4 cm³/mol. The van der Waals surface area contributed by atoms with Crippen LogP contribution in [0.4, 0.5) is 0 Å². The maximum atomic E-state index is 3.79. The molecule has 0 fully saturated rings. The first kappa shape index (κ1) is 12.5. The molecule has 0 radical (unpaired) electrons. The van der Waals surface area contributed by atoms with Crippen LogP contribution in [0, 0.1) is 0 Å². The highest BCUT2D eigenvalue weighted by Crippen LogP contribution is 2.33. The van der Waals surface area contributed by atoms with E-state index in [4.69, 9.17) is 0 Å². The molecule has 0 amide bonds. The Morgan fingerprint density at radius 1 is 1.31 bits per heavy atom. The molecular formula is C16H20. The van der Waals surface area contributed by atoms with Crippen molar-refractivity contribution in [2.75, 3.05) is 0 Å². The van der Waals surface area contributed by atoms with Crippen LogP contribution in [0.3, 0.4) is 0 Å². The zero-order chi connectivity index (χ0) is 10.8. The second kappa shape index (κ2) is 4.98. The molecule has 0 saturated heterocycles. The van der Waals surface area contributed by atoms with Crippen molar-refractivity contribution in [2.45, 2.75) is 27.7 Å². The van der Waals surface area contributed by atoms with Gasteiger partial charge in [-0.05, 0) is 42.5 Å². The quantitative estimate of drug-likeness (QED) is 0.619. The predicted octanol–water partition coefficient (Wildman–Crippen LogP) is 4.78. The standard InChI is InChI=1S/C15H16.CH4/c1-4-11(2)9-14-10-13-7-5-6-8-15(13)12(14)3;/h4-9H,1,10H2,2-3H3;1H4/b11-9-;. The first-order valence-electron chi connectivity index (χ1n) is 5.31. The second-order valence-electron chi connectivity index (χ2n) is 4.08. The van der Waals surface area contributed by atoms with Gasteiger partial charge in [0.25, 0.3) is 0 Å². The van der Waals surface area contributed by atoms with Gasteiger partial charge >= 0.3 is 0 Å². The lowest BCUT2D eigenvalue weighted by atomic mass is 10.1. The Hall–Kier alpha value is -1.56. The van der Waals surface area contributed by atoms with E-state index in [1.165, 1.54) is 27.8 Å². The van der Waals surface area contributed by atoms with Crippen molar-refractivity contribution in [3.63, 3.8) is 0 Å². The van der Waals surface area contributed by atoms with Crippen molar-refractivity contribution in [3.8, 4) is 0 Å². The van der Waals surface area contributed by atoms with Crippen LogP contribution in [0.5, 0.6) is 0 Å². The van der Waals surface area contributed by atoms with Gasteiger partial charge in [-0.25, -0.2) is 0 Å². The zero-order valence-electron chi connectivity index (χ0n) is 9.38. The van der Waals surface area contributed by atoms with Crippen LogP contribution in [0.1, 0.15) is 32.4 Å². The summed E-state index contributed by atoms with van der Waals surface area (Å²) in [5.74, 6) is 0. The number of rotatable bonds is 2. The van der Waals surface area contributed by atoms with E-state index in [9.17, 15) is 0 Å². The monoisotopic (exact) mass is 212 g/mol. The first-order valence-corrected chi connectivity index (χ1v) is 5.31. The highest BCUT2D eigenvalue weighted by atomic mass is 14.2. The van der Waals surface area contributed by atoms with Crippen LogP contribution in [-0.2, 0) is 6.42 Å². The minimum Gasteiger partial charge on any atom is -0.0988 e. The Labute approximate surface area is 99.0 Å². The normalized spacial score (nSPS) is 14.5. The van der Waals surface area contributed by atoms with Gasteiger partial charge in [0.2, 0.25) is 0 Å². The van der Waals surface area contributed by atoms with E-state index in [0.29, 0.717) is 0 Å². The Balaban J connectivity index is 0.00000128. The van der Waals surface area contributed by atoms with Gasteiger partial charge in [-0.1, -0.05) is 56.0 Å². The maximum Gasteiger partial charge on any atom is -0.00168 e. The average molecular weight is 212 g/mol. The highest BCUT2D eigenvalue weighted by Gasteiger charge is 2.15. The summed E-state index contributed by atoms with van der Waals surface area (Å²) in [5, 5.41) is 0. The lowest BCUT2D eigenvalue weighted by Crippen LogP contribution is -1.81. The Kier molecular flexibility index (Phi) is 3.89. The molecule has 0 nitrogen and oxygen atoms in total. The second-order valence-corrected chi connectivity index (χ2v) is 4.08. The summed E-state index contributed by atoms with van der Waals surface area (Å²) in [6.07, 6.45) is 5.21. The largest absolute Gasteiger partial charge is 0.0988 e. The molecule has 0 N–H and O–H groups in total. The van der Waals surface area contributed by atoms with Gasteiger partial charge in [-0.3, -0.25) is 0 Å². The molecule has 1 aliphatic rings. The van der Waals surface area contributed by atoms with E-state index in [1.807, 2.05) is 6.08 Å². The molecule has 0 atom stereocenters. The van der Waals surface area contributed by atoms with Crippen LogP contribution in [0.25, 0.3) is 5.57 Å². The number of allylic oxidation sites excluding steroid dienone is 5. The van der Waals surface area contributed by atoms with E-state index in [1.54, 1.807) is 0 Å². The molecule has 1 aromatic carbocycles. The average Bonchev–Trinajstić information content (AvgIpc) is 2.57. The van der Waals surface area contributed by atoms with Crippen molar-refractivity contribution in [2.24, 2.45) is 0 Å². The molecule has 2 rings (SSSR count). The third-order valence-electron chi connectivity index (χ3n) is 3.01. The fraction of sp³-hybridized carbons (Fsp3) is 0.250. The SMILES string of the molecule is C.C=C/C(C)=C\C1=C(C)c2ccccc2C1. The lowest BCUT2D eigenvalue weighted by Gasteiger charge is -1.98. The van der Waals surface area contributed by atoms with Crippen molar-refractivity contribution < 1.29 is 0 Å². The molecule has 84 valence electrons. The number of benzene rings is 1. The van der Waals surface area contributed by atoms with Gasteiger partial charge < -0.3 is 0 Å². The molecule has 0 bridgehead atoms. The van der Waals surface area contributed by atoms with Crippen LogP contribution in [0.15, 0.2) is 54.1 Å². The molecule has 0 saturated carbocycles.